The fraction of sp³-hybridized carbons (Fsp3) is 0.471. The molecular weight excluding hydrogens is 328 g/mol. The number of nitrogens with zero attached hydrogens (tertiary/aromatic N) is 2. The van der Waals surface area contributed by atoms with E-state index in [1.807, 2.05) is 0 Å². The van der Waals surface area contributed by atoms with Crippen LogP contribution in [-0.2, 0) is 9.53 Å². The van der Waals surface area contributed by atoms with Crippen LogP contribution in [0.4, 0.5) is 10.5 Å². The summed E-state index contributed by atoms with van der Waals surface area (Å²) < 4.78 is 5.22. The normalized spacial score (nSPS) is 18.0. The van der Waals surface area contributed by atoms with Crippen LogP contribution in [0.5, 0.6) is 0 Å². The highest BCUT2D eigenvalue weighted by atomic mass is 16.6. The Labute approximate surface area is 144 Å². The van der Waals surface area contributed by atoms with Crippen LogP contribution < -0.4 is 0 Å². The van der Waals surface area contributed by atoms with Gasteiger partial charge in [-0.3, -0.25) is 19.7 Å². The van der Waals surface area contributed by atoms with Crippen molar-refractivity contribution < 1.29 is 24.0 Å². The van der Waals surface area contributed by atoms with Crippen LogP contribution in [-0.4, -0.2) is 46.2 Å². The van der Waals surface area contributed by atoms with Crippen molar-refractivity contribution in [2.24, 2.45) is 5.92 Å². The molecule has 1 unspecified atom stereocenters. The third kappa shape index (κ3) is 4.40. The van der Waals surface area contributed by atoms with E-state index in [0.717, 1.165) is 0 Å². The first-order valence-corrected chi connectivity index (χ1v) is 7.88. The SMILES string of the molecule is CC(C)(C)OC(=O)N1CCC(C(=O)c2ccccc2[N+](=O)[O-])C(=O)C1. The minimum absolute atomic E-state index is 0.0865. The van der Waals surface area contributed by atoms with Gasteiger partial charge in [0.1, 0.15) is 5.60 Å². The van der Waals surface area contributed by atoms with E-state index in [0.29, 0.717) is 0 Å². The molecule has 1 aliphatic rings. The number of piperidine rings is 1. The van der Waals surface area contributed by atoms with Gasteiger partial charge in [0.05, 0.1) is 22.9 Å². The largest absolute Gasteiger partial charge is 0.444 e. The van der Waals surface area contributed by atoms with Crippen LogP contribution in [0.15, 0.2) is 24.3 Å². The second-order valence-electron chi connectivity index (χ2n) is 6.85. The number of rotatable bonds is 3. The molecule has 134 valence electrons. The Morgan fingerprint density at radius 1 is 1.28 bits per heavy atom. The summed E-state index contributed by atoms with van der Waals surface area (Å²) in [5.74, 6) is -2.01. The van der Waals surface area contributed by atoms with Crippen molar-refractivity contribution in [3.8, 4) is 0 Å². The van der Waals surface area contributed by atoms with Crippen molar-refractivity contribution in [1.29, 1.82) is 0 Å². The van der Waals surface area contributed by atoms with Gasteiger partial charge in [0.2, 0.25) is 0 Å². The number of ether oxygens (including phenoxy) is 1. The topological polar surface area (TPSA) is 107 Å². The van der Waals surface area contributed by atoms with E-state index in [-0.39, 0.29) is 30.8 Å². The van der Waals surface area contributed by atoms with Crippen LogP contribution in [0.3, 0.4) is 0 Å². The Balaban J connectivity index is 2.12. The van der Waals surface area contributed by atoms with Crippen molar-refractivity contribution >= 4 is 23.3 Å². The van der Waals surface area contributed by atoms with Gasteiger partial charge in [-0.2, -0.15) is 0 Å². The monoisotopic (exact) mass is 348 g/mol. The molecule has 1 atom stereocenters. The van der Waals surface area contributed by atoms with Gasteiger partial charge in [0.25, 0.3) is 5.69 Å². The molecule has 1 amide bonds. The molecule has 8 heteroatoms. The van der Waals surface area contributed by atoms with Crippen LogP contribution in [0.25, 0.3) is 0 Å². The van der Waals surface area contributed by atoms with Crippen LogP contribution in [0, 0.1) is 16.0 Å². The Kier molecular flexibility index (Phi) is 5.20. The van der Waals surface area contributed by atoms with E-state index in [2.05, 4.69) is 0 Å². The fourth-order valence-electron chi connectivity index (χ4n) is 2.61. The zero-order chi connectivity index (χ0) is 18.8. The number of Topliss-reactive ketones (excluding diaryl/α,β-unsaturated/α-hetero) is 2. The Bertz CT molecular complexity index is 722. The number of hydrogen-bond donors (Lipinski definition) is 0. The molecule has 0 N–H and O–H groups in total. The van der Waals surface area contributed by atoms with Gasteiger partial charge >= 0.3 is 6.09 Å². The molecule has 8 nitrogen and oxygen atoms in total. The van der Waals surface area contributed by atoms with Crippen molar-refractivity contribution in [2.45, 2.75) is 32.8 Å². The standard InChI is InChI=1S/C17H20N2O6/c1-17(2,3)25-16(22)18-9-8-12(14(20)10-18)15(21)11-6-4-5-7-13(11)19(23)24/h4-7,12H,8-10H2,1-3H3. The maximum Gasteiger partial charge on any atom is 0.410 e. The molecule has 25 heavy (non-hydrogen) atoms. The summed E-state index contributed by atoms with van der Waals surface area (Å²) in [5, 5.41) is 11.1. The molecule has 0 bridgehead atoms. The molecule has 0 aliphatic carbocycles. The van der Waals surface area contributed by atoms with Crippen LogP contribution in [0.2, 0.25) is 0 Å². The van der Waals surface area contributed by atoms with Crippen molar-refractivity contribution in [3.05, 3.63) is 39.9 Å². The number of nitro groups is 1. The summed E-state index contributed by atoms with van der Waals surface area (Å²) in [7, 11) is 0. The van der Waals surface area contributed by atoms with Crippen molar-refractivity contribution in [1.82, 2.24) is 4.90 Å². The molecule has 0 spiro atoms. The van der Waals surface area contributed by atoms with Gasteiger partial charge in [0.15, 0.2) is 11.6 Å². The lowest BCUT2D eigenvalue weighted by Gasteiger charge is -2.32. The van der Waals surface area contributed by atoms with Gasteiger partial charge in [-0.15, -0.1) is 0 Å². The number of likely N-dealkylation sites (tertiary alicyclic amines) is 1. The summed E-state index contributed by atoms with van der Waals surface area (Å²) in [6.07, 6.45) is -0.499. The summed E-state index contributed by atoms with van der Waals surface area (Å²) in [4.78, 5) is 48.6. The average Bonchev–Trinajstić information content (AvgIpc) is 2.52. The Morgan fingerprint density at radius 2 is 1.92 bits per heavy atom. The quantitative estimate of drug-likeness (QED) is 0.360. The third-order valence-corrected chi connectivity index (χ3v) is 3.76. The highest BCUT2D eigenvalue weighted by molar-refractivity contribution is 6.13. The molecule has 1 saturated heterocycles. The fourth-order valence-corrected chi connectivity index (χ4v) is 2.61. The highest BCUT2D eigenvalue weighted by Crippen LogP contribution is 2.26. The number of para-hydroxylation sites is 1. The molecular formula is C17H20N2O6. The number of carbonyl (C=O) groups excluding carboxylic acids is 3. The number of amides is 1. The lowest BCUT2D eigenvalue weighted by atomic mass is 9.87. The second kappa shape index (κ2) is 7.00. The molecule has 0 aromatic heterocycles. The summed E-state index contributed by atoms with van der Waals surface area (Å²) >= 11 is 0. The van der Waals surface area contributed by atoms with Crippen LogP contribution in [0.1, 0.15) is 37.6 Å². The van der Waals surface area contributed by atoms with Crippen LogP contribution >= 0.6 is 0 Å². The zero-order valence-electron chi connectivity index (χ0n) is 14.4. The van der Waals surface area contributed by atoms with E-state index in [1.54, 1.807) is 20.8 Å². The maximum absolute atomic E-state index is 12.6. The predicted molar refractivity (Wildman–Crippen MR) is 88.3 cm³/mol. The number of nitro benzene ring substituents is 1. The molecule has 2 rings (SSSR count). The van der Waals surface area contributed by atoms with Gasteiger partial charge in [-0.05, 0) is 33.3 Å². The maximum atomic E-state index is 12.6. The number of ketones is 2. The molecule has 1 aromatic carbocycles. The second-order valence-corrected chi connectivity index (χ2v) is 6.85. The van der Waals surface area contributed by atoms with E-state index < -0.39 is 34.1 Å². The third-order valence-electron chi connectivity index (χ3n) is 3.76. The van der Waals surface area contributed by atoms with E-state index in [4.69, 9.17) is 4.74 Å². The predicted octanol–water partition coefficient (Wildman–Crippen LogP) is 2.60. The number of benzene rings is 1. The first kappa shape index (κ1) is 18.6. The minimum Gasteiger partial charge on any atom is -0.444 e. The molecule has 1 aromatic rings. The molecule has 0 radical (unpaired) electrons. The average molecular weight is 348 g/mol. The number of hydrogen-bond acceptors (Lipinski definition) is 6. The smallest absolute Gasteiger partial charge is 0.410 e. The number of carbonyl (C=O) groups is 3. The first-order valence-electron chi connectivity index (χ1n) is 7.88. The first-order chi connectivity index (χ1) is 11.6. The molecule has 0 saturated carbocycles. The summed E-state index contributed by atoms with van der Waals surface area (Å²) in [6.45, 7) is 5.09. The zero-order valence-corrected chi connectivity index (χ0v) is 14.4. The van der Waals surface area contributed by atoms with Gasteiger partial charge in [-0.25, -0.2) is 4.79 Å². The molecule has 1 heterocycles. The van der Waals surface area contributed by atoms with Gasteiger partial charge in [-0.1, -0.05) is 12.1 Å². The van der Waals surface area contributed by atoms with E-state index >= 15 is 0 Å². The minimum atomic E-state index is -0.986. The van der Waals surface area contributed by atoms with Crippen molar-refractivity contribution in [3.63, 3.8) is 0 Å². The molecule has 1 fully saturated rings. The lowest BCUT2D eigenvalue weighted by Crippen LogP contribution is -2.48. The van der Waals surface area contributed by atoms with Gasteiger partial charge < -0.3 is 9.64 Å². The highest BCUT2D eigenvalue weighted by Gasteiger charge is 2.37. The molecule has 1 aliphatic heterocycles. The van der Waals surface area contributed by atoms with E-state index in [9.17, 15) is 24.5 Å². The Morgan fingerprint density at radius 3 is 2.48 bits per heavy atom. The summed E-state index contributed by atoms with van der Waals surface area (Å²) in [6, 6.07) is 5.55. The van der Waals surface area contributed by atoms with Gasteiger partial charge in [0, 0.05) is 12.6 Å². The Hall–Kier alpha value is -2.77. The van der Waals surface area contributed by atoms with Crippen molar-refractivity contribution in [2.75, 3.05) is 13.1 Å². The lowest BCUT2D eigenvalue weighted by molar-refractivity contribution is -0.385. The summed E-state index contributed by atoms with van der Waals surface area (Å²) in [5.41, 5.74) is -1.09. The van der Waals surface area contributed by atoms with E-state index in [1.165, 1.54) is 29.2 Å².